The van der Waals surface area contributed by atoms with E-state index < -0.39 is 10.0 Å². The second kappa shape index (κ2) is 5.28. The lowest BCUT2D eigenvalue weighted by Gasteiger charge is -2.13. The van der Waals surface area contributed by atoms with Gasteiger partial charge in [-0.15, -0.1) is 0 Å². The van der Waals surface area contributed by atoms with Gasteiger partial charge in [-0.2, -0.15) is 0 Å². The van der Waals surface area contributed by atoms with Crippen molar-refractivity contribution in [3.63, 3.8) is 0 Å². The highest BCUT2D eigenvalue weighted by Gasteiger charge is 2.14. The summed E-state index contributed by atoms with van der Waals surface area (Å²) in [6, 6.07) is 9.87. The molecule has 1 unspecified atom stereocenters. The first-order valence-electron chi connectivity index (χ1n) is 5.05. The quantitative estimate of drug-likeness (QED) is 0.829. The Morgan fingerprint density at radius 1 is 1.27 bits per heavy atom. The number of hydrogen-bond donors (Lipinski definition) is 1. The van der Waals surface area contributed by atoms with E-state index in [0.717, 1.165) is 18.4 Å². The lowest BCUT2D eigenvalue weighted by molar-refractivity contribution is 0.535. The highest BCUT2D eigenvalue weighted by molar-refractivity contribution is 7.89. The number of rotatable bonds is 5. The van der Waals surface area contributed by atoms with Crippen LogP contribution in [0.3, 0.4) is 0 Å². The minimum absolute atomic E-state index is 0.0679. The molecule has 84 valence electrons. The van der Waals surface area contributed by atoms with Crippen molar-refractivity contribution < 1.29 is 8.42 Å². The molecular formula is C11H17NO2S. The van der Waals surface area contributed by atoms with Gasteiger partial charge in [-0.05, 0) is 17.9 Å². The Balaban J connectivity index is 2.63. The molecule has 0 bridgehead atoms. The molecule has 0 aliphatic rings. The second-order valence-electron chi connectivity index (χ2n) is 3.79. The molecule has 0 heterocycles. The minimum Gasteiger partial charge on any atom is -0.229 e. The van der Waals surface area contributed by atoms with Crippen molar-refractivity contribution in [1.82, 2.24) is 0 Å². The zero-order chi connectivity index (χ0) is 11.3. The Bertz CT molecular complexity index is 386. The monoisotopic (exact) mass is 227 g/mol. The number of benzene rings is 1. The van der Waals surface area contributed by atoms with Crippen LogP contribution in [0.5, 0.6) is 0 Å². The van der Waals surface area contributed by atoms with Gasteiger partial charge in [0.15, 0.2) is 0 Å². The lowest BCUT2D eigenvalue weighted by atomic mass is 9.99. The summed E-state index contributed by atoms with van der Waals surface area (Å²) in [5.41, 5.74) is 1.16. The van der Waals surface area contributed by atoms with E-state index in [4.69, 9.17) is 5.14 Å². The fourth-order valence-corrected chi connectivity index (χ4v) is 2.61. The van der Waals surface area contributed by atoms with Gasteiger partial charge < -0.3 is 0 Å². The molecule has 0 radical (unpaired) electrons. The predicted octanol–water partition coefficient (Wildman–Crippen LogP) is 1.54. The summed E-state index contributed by atoms with van der Waals surface area (Å²) >= 11 is 0. The average molecular weight is 227 g/mol. The van der Waals surface area contributed by atoms with E-state index in [2.05, 4.69) is 0 Å². The first kappa shape index (κ1) is 12.2. The van der Waals surface area contributed by atoms with Crippen LogP contribution < -0.4 is 5.14 Å². The van der Waals surface area contributed by atoms with Gasteiger partial charge in [-0.3, -0.25) is 0 Å². The van der Waals surface area contributed by atoms with Crippen LogP contribution in [0.15, 0.2) is 30.3 Å². The van der Waals surface area contributed by atoms with E-state index in [9.17, 15) is 8.42 Å². The zero-order valence-corrected chi connectivity index (χ0v) is 9.70. The molecule has 0 aliphatic heterocycles. The standard InChI is InChI=1S/C11H17NO2S/c1-2-10(9-15(12,13)14)8-11-6-4-3-5-7-11/h3-7,10H,2,8-9H2,1H3,(H2,12,13,14). The molecule has 0 aromatic heterocycles. The summed E-state index contributed by atoms with van der Waals surface area (Å²) in [6.45, 7) is 1.98. The number of hydrogen-bond acceptors (Lipinski definition) is 2. The Hall–Kier alpha value is -0.870. The van der Waals surface area contributed by atoms with Gasteiger partial charge in [0, 0.05) is 0 Å². The maximum Gasteiger partial charge on any atom is 0.209 e. The number of sulfonamides is 1. The third-order valence-corrected chi connectivity index (χ3v) is 3.35. The van der Waals surface area contributed by atoms with E-state index in [1.807, 2.05) is 37.3 Å². The van der Waals surface area contributed by atoms with Crippen LogP contribution in [-0.4, -0.2) is 14.2 Å². The topological polar surface area (TPSA) is 60.2 Å². The third-order valence-electron chi connectivity index (χ3n) is 2.41. The molecule has 0 fully saturated rings. The largest absolute Gasteiger partial charge is 0.229 e. The minimum atomic E-state index is -3.36. The Labute approximate surface area is 91.4 Å². The molecule has 15 heavy (non-hydrogen) atoms. The van der Waals surface area contributed by atoms with Crippen LogP contribution in [0.1, 0.15) is 18.9 Å². The second-order valence-corrected chi connectivity index (χ2v) is 5.45. The van der Waals surface area contributed by atoms with E-state index in [1.54, 1.807) is 0 Å². The molecule has 2 N–H and O–H groups in total. The van der Waals surface area contributed by atoms with Crippen LogP contribution in [0.4, 0.5) is 0 Å². The maximum absolute atomic E-state index is 11.0. The summed E-state index contributed by atoms with van der Waals surface area (Å²) in [6.07, 6.45) is 1.60. The van der Waals surface area contributed by atoms with Gasteiger partial charge in [-0.1, -0.05) is 43.7 Å². The van der Waals surface area contributed by atoms with Crippen LogP contribution >= 0.6 is 0 Å². The Morgan fingerprint density at radius 3 is 2.33 bits per heavy atom. The van der Waals surface area contributed by atoms with Crippen molar-refractivity contribution in [1.29, 1.82) is 0 Å². The summed E-state index contributed by atoms with van der Waals surface area (Å²) in [4.78, 5) is 0. The van der Waals surface area contributed by atoms with Crippen molar-refractivity contribution >= 4 is 10.0 Å². The Morgan fingerprint density at radius 2 is 1.87 bits per heavy atom. The molecular weight excluding hydrogens is 210 g/mol. The van der Waals surface area contributed by atoms with Gasteiger partial charge in [0.2, 0.25) is 10.0 Å². The lowest BCUT2D eigenvalue weighted by Crippen LogP contribution is -2.24. The zero-order valence-electron chi connectivity index (χ0n) is 8.89. The molecule has 0 aliphatic carbocycles. The normalized spacial score (nSPS) is 13.7. The molecule has 0 saturated carbocycles. The van der Waals surface area contributed by atoms with Gasteiger partial charge in [0.05, 0.1) is 5.75 Å². The molecule has 1 atom stereocenters. The SMILES string of the molecule is CCC(Cc1ccccc1)CS(N)(=O)=O. The first-order valence-corrected chi connectivity index (χ1v) is 6.77. The van der Waals surface area contributed by atoms with Gasteiger partial charge in [0.1, 0.15) is 0 Å². The summed E-state index contributed by atoms with van der Waals surface area (Å²) in [5, 5.41) is 5.04. The van der Waals surface area contributed by atoms with Gasteiger partial charge >= 0.3 is 0 Å². The molecule has 0 spiro atoms. The summed E-state index contributed by atoms with van der Waals surface area (Å²) in [5.74, 6) is 0.181. The number of primary sulfonamides is 1. The van der Waals surface area contributed by atoms with E-state index in [-0.39, 0.29) is 11.7 Å². The Kier molecular flexibility index (Phi) is 4.29. The highest BCUT2D eigenvalue weighted by atomic mass is 32.2. The van der Waals surface area contributed by atoms with Crippen LogP contribution in [0.25, 0.3) is 0 Å². The fourth-order valence-electron chi connectivity index (χ4n) is 1.60. The summed E-state index contributed by atoms with van der Waals surface area (Å²) in [7, 11) is -3.36. The molecule has 0 saturated heterocycles. The van der Waals surface area contributed by atoms with E-state index in [0.29, 0.717) is 0 Å². The first-order chi connectivity index (χ1) is 7.01. The van der Waals surface area contributed by atoms with Crippen molar-refractivity contribution in [2.75, 3.05) is 5.75 Å². The molecule has 4 heteroatoms. The molecule has 3 nitrogen and oxygen atoms in total. The third kappa shape index (κ3) is 4.95. The fraction of sp³-hybridized carbons (Fsp3) is 0.455. The predicted molar refractivity (Wildman–Crippen MR) is 61.9 cm³/mol. The molecule has 0 amide bonds. The van der Waals surface area contributed by atoms with E-state index >= 15 is 0 Å². The van der Waals surface area contributed by atoms with Crippen molar-refractivity contribution in [3.8, 4) is 0 Å². The van der Waals surface area contributed by atoms with Crippen LogP contribution in [0, 0.1) is 5.92 Å². The summed E-state index contributed by atoms with van der Waals surface area (Å²) < 4.78 is 21.9. The van der Waals surface area contributed by atoms with Crippen molar-refractivity contribution in [3.05, 3.63) is 35.9 Å². The molecule has 1 rings (SSSR count). The maximum atomic E-state index is 11.0. The van der Waals surface area contributed by atoms with Crippen LogP contribution in [0.2, 0.25) is 0 Å². The van der Waals surface area contributed by atoms with Gasteiger partial charge in [-0.25, -0.2) is 13.6 Å². The van der Waals surface area contributed by atoms with Crippen LogP contribution in [-0.2, 0) is 16.4 Å². The number of nitrogens with two attached hydrogens (primary N) is 1. The highest BCUT2D eigenvalue weighted by Crippen LogP contribution is 2.13. The smallest absolute Gasteiger partial charge is 0.209 e. The molecule has 1 aromatic rings. The van der Waals surface area contributed by atoms with E-state index in [1.165, 1.54) is 0 Å². The van der Waals surface area contributed by atoms with Gasteiger partial charge in [0.25, 0.3) is 0 Å². The van der Waals surface area contributed by atoms with Crippen molar-refractivity contribution in [2.24, 2.45) is 11.1 Å². The van der Waals surface area contributed by atoms with Crippen molar-refractivity contribution in [2.45, 2.75) is 19.8 Å². The average Bonchev–Trinajstić information content (AvgIpc) is 2.16. The molecule has 1 aromatic carbocycles.